The molecule has 0 aliphatic heterocycles. The molecule has 1 rings (SSSR count). The fraction of sp³-hybridized carbons (Fsp3) is 0.444. The summed E-state index contributed by atoms with van der Waals surface area (Å²) in [4.78, 5) is 13.3. The second kappa shape index (κ2) is 4.67. The molecule has 4 heteroatoms. The molecule has 0 saturated heterocycles. The molecule has 2 N–H and O–H groups in total. The van der Waals surface area contributed by atoms with Crippen molar-refractivity contribution in [1.29, 1.82) is 0 Å². The number of methoxy groups -OCH3 is 1. The van der Waals surface area contributed by atoms with E-state index in [1.165, 1.54) is 6.07 Å². The summed E-state index contributed by atoms with van der Waals surface area (Å²) in [5.74, 6) is 0. The van der Waals surface area contributed by atoms with Crippen LogP contribution in [0.2, 0.25) is 0 Å². The topological polar surface area (TPSA) is 54.1 Å². The lowest BCUT2D eigenvalue weighted by Crippen LogP contribution is -2.18. The Bertz CT molecular complexity index is 288. The molecule has 0 aromatic carbocycles. The van der Waals surface area contributed by atoms with Crippen molar-refractivity contribution >= 4 is 5.69 Å². The molecule has 72 valence electrons. The van der Waals surface area contributed by atoms with Crippen molar-refractivity contribution in [3.63, 3.8) is 0 Å². The summed E-state index contributed by atoms with van der Waals surface area (Å²) in [6, 6.07) is 3.22. The highest BCUT2D eigenvalue weighted by Gasteiger charge is 1.97. The Balaban J connectivity index is 2.46. The van der Waals surface area contributed by atoms with E-state index in [0.717, 1.165) is 12.2 Å². The van der Waals surface area contributed by atoms with Crippen molar-refractivity contribution in [1.82, 2.24) is 4.98 Å². The van der Waals surface area contributed by atoms with Crippen LogP contribution in [-0.4, -0.2) is 24.7 Å². The second-order valence-electron chi connectivity index (χ2n) is 2.87. The number of H-pyrrole nitrogens is 1. The number of nitrogens with one attached hydrogen (secondary N) is 2. The largest absolute Gasteiger partial charge is 0.381 e. The third-order valence-corrected chi connectivity index (χ3v) is 1.78. The maximum absolute atomic E-state index is 10.7. The summed E-state index contributed by atoms with van der Waals surface area (Å²) in [7, 11) is 1.67. The van der Waals surface area contributed by atoms with Crippen LogP contribution in [0.5, 0.6) is 0 Å². The first-order valence-electron chi connectivity index (χ1n) is 4.18. The quantitative estimate of drug-likeness (QED) is 0.725. The Labute approximate surface area is 76.9 Å². The van der Waals surface area contributed by atoms with Crippen LogP contribution in [-0.2, 0) is 4.74 Å². The van der Waals surface area contributed by atoms with Crippen LogP contribution < -0.4 is 10.9 Å². The molecule has 1 heterocycles. The average molecular weight is 182 g/mol. The molecule has 1 unspecified atom stereocenters. The molecule has 1 aromatic rings. The van der Waals surface area contributed by atoms with E-state index in [1.54, 1.807) is 19.4 Å². The van der Waals surface area contributed by atoms with Gasteiger partial charge >= 0.3 is 0 Å². The summed E-state index contributed by atoms with van der Waals surface area (Å²) in [5, 5.41) is 3.13. The SMILES string of the molecule is COC(C)CNc1ccc(=O)[nH]c1. The van der Waals surface area contributed by atoms with Gasteiger partial charge in [0.1, 0.15) is 0 Å². The first-order chi connectivity index (χ1) is 6.22. The first-order valence-corrected chi connectivity index (χ1v) is 4.18. The average Bonchev–Trinajstić information content (AvgIpc) is 2.16. The van der Waals surface area contributed by atoms with Crippen LogP contribution >= 0.6 is 0 Å². The lowest BCUT2D eigenvalue weighted by Gasteiger charge is -2.11. The van der Waals surface area contributed by atoms with E-state index in [1.807, 2.05) is 6.92 Å². The minimum absolute atomic E-state index is 0.0923. The molecule has 0 spiro atoms. The molecule has 0 aliphatic carbocycles. The fourth-order valence-electron chi connectivity index (χ4n) is 0.865. The summed E-state index contributed by atoms with van der Waals surface area (Å²) < 4.78 is 5.06. The number of pyridine rings is 1. The zero-order valence-corrected chi connectivity index (χ0v) is 7.83. The van der Waals surface area contributed by atoms with Gasteiger partial charge in [0.05, 0.1) is 11.8 Å². The van der Waals surface area contributed by atoms with Gasteiger partial charge in [0, 0.05) is 25.9 Å². The molecule has 1 atom stereocenters. The molecule has 4 nitrogen and oxygen atoms in total. The van der Waals surface area contributed by atoms with Crippen molar-refractivity contribution in [2.45, 2.75) is 13.0 Å². The molecular weight excluding hydrogens is 168 g/mol. The number of aromatic amines is 1. The van der Waals surface area contributed by atoms with Crippen LogP contribution in [0.25, 0.3) is 0 Å². The number of ether oxygens (including phenoxy) is 1. The van der Waals surface area contributed by atoms with Gasteiger partial charge in [0.25, 0.3) is 0 Å². The third-order valence-electron chi connectivity index (χ3n) is 1.78. The van der Waals surface area contributed by atoms with Crippen molar-refractivity contribution in [2.24, 2.45) is 0 Å². The van der Waals surface area contributed by atoms with Gasteiger partial charge in [0.2, 0.25) is 5.56 Å². The molecule has 13 heavy (non-hydrogen) atoms. The van der Waals surface area contributed by atoms with E-state index in [-0.39, 0.29) is 11.7 Å². The molecule has 0 aliphatic rings. The highest BCUT2D eigenvalue weighted by Crippen LogP contribution is 2.00. The summed E-state index contributed by atoms with van der Waals surface area (Å²) in [5.41, 5.74) is 0.800. The van der Waals surface area contributed by atoms with E-state index in [2.05, 4.69) is 10.3 Å². The molecule has 0 radical (unpaired) electrons. The molecule has 0 bridgehead atoms. The summed E-state index contributed by atoms with van der Waals surface area (Å²) in [6.07, 6.45) is 1.80. The minimum atomic E-state index is -0.0923. The molecule has 1 aromatic heterocycles. The molecule has 0 saturated carbocycles. The summed E-state index contributed by atoms with van der Waals surface area (Å²) in [6.45, 7) is 2.70. The predicted octanol–water partition coefficient (Wildman–Crippen LogP) is 0.822. The van der Waals surface area contributed by atoms with E-state index in [4.69, 9.17) is 4.74 Å². The standard InChI is InChI=1S/C9H14N2O2/c1-7(13-2)5-10-8-3-4-9(12)11-6-8/h3-4,6-7,10H,5H2,1-2H3,(H,11,12). The van der Waals surface area contributed by atoms with Gasteiger partial charge < -0.3 is 15.0 Å². The van der Waals surface area contributed by atoms with Crippen LogP contribution in [0.1, 0.15) is 6.92 Å². The van der Waals surface area contributed by atoms with Crippen LogP contribution in [0.3, 0.4) is 0 Å². The Kier molecular flexibility index (Phi) is 3.52. The third kappa shape index (κ3) is 3.29. The van der Waals surface area contributed by atoms with Crippen LogP contribution in [0.15, 0.2) is 23.1 Å². The van der Waals surface area contributed by atoms with Crippen molar-refractivity contribution in [2.75, 3.05) is 19.0 Å². The van der Waals surface area contributed by atoms with Gasteiger partial charge in [-0.05, 0) is 13.0 Å². The Morgan fingerprint density at radius 3 is 2.92 bits per heavy atom. The van der Waals surface area contributed by atoms with Crippen molar-refractivity contribution in [3.05, 3.63) is 28.7 Å². The monoisotopic (exact) mass is 182 g/mol. The number of hydrogen-bond acceptors (Lipinski definition) is 3. The zero-order chi connectivity index (χ0) is 9.68. The van der Waals surface area contributed by atoms with Gasteiger partial charge in [-0.15, -0.1) is 0 Å². The number of aromatic nitrogens is 1. The molecular formula is C9H14N2O2. The van der Waals surface area contributed by atoms with Crippen LogP contribution in [0, 0.1) is 0 Å². The predicted molar refractivity (Wildman–Crippen MR) is 52.0 cm³/mol. The van der Waals surface area contributed by atoms with Gasteiger partial charge in [-0.2, -0.15) is 0 Å². The lowest BCUT2D eigenvalue weighted by atomic mass is 10.3. The van der Waals surface area contributed by atoms with Crippen LogP contribution in [0.4, 0.5) is 5.69 Å². The maximum Gasteiger partial charge on any atom is 0.248 e. The minimum Gasteiger partial charge on any atom is -0.381 e. The Morgan fingerprint density at radius 1 is 1.62 bits per heavy atom. The fourth-order valence-corrected chi connectivity index (χ4v) is 0.865. The van der Waals surface area contributed by atoms with E-state index in [0.29, 0.717) is 0 Å². The first kappa shape index (κ1) is 9.80. The highest BCUT2D eigenvalue weighted by atomic mass is 16.5. The van der Waals surface area contributed by atoms with Gasteiger partial charge in [-0.25, -0.2) is 0 Å². The zero-order valence-electron chi connectivity index (χ0n) is 7.83. The van der Waals surface area contributed by atoms with Gasteiger partial charge in [-0.1, -0.05) is 0 Å². The Hall–Kier alpha value is -1.29. The van der Waals surface area contributed by atoms with E-state index < -0.39 is 0 Å². The molecule has 0 fully saturated rings. The number of rotatable bonds is 4. The summed E-state index contributed by atoms with van der Waals surface area (Å²) >= 11 is 0. The lowest BCUT2D eigenvalue weighted by molar-refractivity contribution is 0.129. The number of anilines is 1. The highest BCUT2D eigenvalue weighted by molar-refractivity contribution is 5.39. The maximum atomic E-state index is 10.7. The normalized spacial score (nSPS) is 12.5. The van der Waals surface area contributed by atoms with Crippen molar-refractivity contribution < 1.29 is 4.74 Å². The smallest absolute Gasteiger partial charge is 0.248 e. The Morgan fingerprint density at radius 2 is 2.38 bits per heavy atom. The van der Waals surface area contributed by atoms with Crippen molar-refractivity contribution in [3.8, 4) is 0 Å². The number of hydrogen-bond donors (Lipinski definition) is 2. The van der Waals surface area contributed by atoms with Gasteiger partial charge in [0.15, 0.2) is 0 Å². The van der Waals surface area contributed by atoms with Gasteiger partial charge in [-0.3, -0.25) is 4.79 Å². The second-order valence-corrected chi connectivity index (χ2v) is 2.87. The molecule has 0 amide bonds. The van der Waals surface area contributed by atoms with E-state index >= 15 is 0 Å². The van der Waals surface area contributed by atoms with E-state index in [9.17, 15) is 4.79 Å².